The van der Waals surface area contributed by atoms with Crippen molar-refractivity contribution in [3.8, 4) is 0 Å². The van der Waals surface area contributed by atoms with Crippen molar-refractivity contribution in [3.63, 3.8) is 0 Å². The molecule has 3 heterocycles. The number of ether oxygens (including phenoxy) is 10. The fraction of sp³-hybridized carbons (Fsp3) is 0.595. The average Bonchev–Trinajstić information content (AvgIpc) is 1.08. The highest BCUT2D eigenvalue weighted by atomic mass is 31.2. The fourth-order valence-corrected chi connectivity index (χ4v) is 13.5. The van der Waals surface area contributed by atoms with E-state index in [1.54, 1.807) is 52.0 Å². The Hall–Kier alpha value is -6.25. The molecule has 0 aliphatic carbocycles. The number of benzene rings is 4. The van der Waals surface area contributed by atoms with E-state index < -0.39 is 150 Å². The Morgan fingerprint density at radius 1 is 0.525 bits per heavy atom. The third-order valence-corrected chi connectivity index (χ3v) is 24.1. The molecule has 4 aromatic carbocycles. The smallest absolute Gasteiger partial charge is 0.462 e. The summed E-state index contributed by atoms with van der Waals surface area (Å²) in [6.45, 7) is 21.7. The number of phosphoric acid groups is 1. The zero-order valence-electron chi connectivity index (χ0n) is 59.6. The zero-order chi connectivity index (χ0) is 71.7. The van der Waals surface area contributed by atoms with E-state index in [1.807, 2.05) is 125 Å². The molecule has 14 atom stereocenters. The van der Waals surface area contributed by atoms with Gasteiger partial charge in [0, 0.05) is 19.3 Å². The van der Waals surface area contributed by atoms with Crippen LogP contribution in [0.5, 0.6) is 0 Å². The van der Waals surface area contributed by atoms with Gasteiger partial charge in [0.05, 0.1) is 71.6 Å². The minimum absolute atomic E-state index is 0.0247. The topological polar surface area (TPSA) is 273 Å². The van der Waals surface area contributed by atoms with Crippen molar-refractivity contribution >= 4 is 51.8 Å². The van der Waals surface area contributed by atoms with Crippen LogP contribution in [0.3, 0.4) is 0 Å². The van der Waals surface area contributed by atoms with Gasteiger partial charge in [0.1, 0.15) is 48.7 Å². The monoisotopic (exact) mass is 1420 g/mol. The van der Waals surface area contributed by atoms with Crippen molar-refractivity contribution in [2.75, 3.05) is 13.2 Å². The maximum atomic E-state index is 15.3. The van der Waals surface area contributed by atoms with E-state index in [1.165, 1.54) is 0 Å². The molecule has 23 nitrogen and oxygen atoms in total. The van der Waals surface area contributed by atoms with Gasteiger partial charge in [0.25, 0.3) is 0 Å². The highest BCUT2D eigenvalue weighted by Crippen LogP contribution is 2.55. The number of carbonyl (C=O) groups is 6. The number of rotatable bonds is 37. The summed E-state index contributed by atoms with van der Waals surface area (Å²) in [5.41, 5.74) is 3.77. The third kappa shape index (κ3) is 24.8. The first-order valence-corrected chi connectivity index (χ1v) is 39.3. The molecular weight excluding hydrogens is 1310 g/mol. The molecule has 546 valence electrons. The Labute approximate surface area is 585 Å². The molecule has 3 aliphatic rings. The van der Waals surface area contributed by atoms with Crippen molar-refractivity contribution in [1.82, 2.24) is 10.6 Å². The highest BCUT2D eigenvalue weighted by Gasteiger charge is 2.57. The molecule has 3 aliphatic heterocycles. The molecule has 4 aromatic rings. The van der Waals surface area contributed by atoms with Crippen LogP contribution < -0.4 is 10.6 Å². The van der Waals surface area contributed by atoms with E-state index in [9.17, 15) is 28.8 Å². The summed E-state index contributed by atoms with van der Waals surface area (Å²) in [7, 11) is -7.65. The fourth-order valence-electron chi connectivity index (χ4n) is 11.0. The first kappa shape index (κ1) is 80.1. The second-order valence-corrected chi connectivity index (χ2v) is 33.3. The minimum atomic E-state index is -4.72. The summed E-state index contributed by atoms with van der Waals surface area (Å²) in [5.74, 6) is -3.80. The van der Waals surface area contributed by atoms with E-state index in [0.29, 0.717) is 24.0 Å². The van der Waals surface area contributed by atoms with E-state index in [4.69, 9.17) is 65.4 Å². The molecule has 7 rings (SSSR count). The van der Waals surface area contributed by atoms with E-state index in [2.05, 4.69) is 31.4 Å². The number of phosphoric ester groups is 1. The van der Waals surface area contributed by atoms with Gasteiger partial charge in [0.2, 0.25) is 11.8 Å². The predicted octanol–water partition coefficient (Wildman–Crippen LogP) is 12.4. The van der Waals surface area contributed by atoms with Crippen LogP contribution in [-0.4, -0.2) is 137 Å². The van der Waals surface area contributed by atoms with Crippen LogP contribution in [0.25, 0.3) is 0 Å². The predicted molar refractivity (Wildman–Crippen MR) is 369 cm³/mol. The SMILES string of the molecule is CCC(=O)O[C@H](CC)CC(=O)NC1[C@H](OCC2O[C@@H](O[Si](C)(C)C(C)(C)C)C(NC(=O)C[C@H](C)CC)[C@@H](OC(=O)C[C@H](CC)OCc3ccccc3)[C@H]2OCc2ccccc2)OC(COCc2ccccc2)[C@H](OP2(=O)OCc3ccccc3CO2)[C@@H]1OC(=O)C[C@@H](CC)OC(=O)CC. The number of carbonyl (C=O) groups excluding carboxylic acids is 6. The summed E-state index contributed by atoms with van der Waals surface area (Å²) in [5, 5.41) is 5.73. The standard InChI is InChI=1S/C74H105N2O21PSi/c1-13-49(7)38-60(77)75-67-70(94-64(81)40-55(14-2)85-43-51-32-24-20-25-33-51)68(86-44-52-34-26-21-27-35-52)59(93-73(67)97-99(11,12)74(8,9)10)48-87-72-66(76-61(78)39-56(15-3)90-62(79)17-5)71(95-65(82)41-57(16-4)91-63(80)18-6)69(58(92-72)47-84-42-50-30-22-19-23-31-50)96-98(83)88-45-53-36-28-29-37-54(53)46-89-98/h19-37,49,55-59,66-73H,13-18,38-48H2,1-12H3,(H,75,77)(H,76,78)/t49-,55+,56-,57-,58?,59?,66?,67?,68+,69+,70-,71-,72-,73+/m1/s1. The number of esters is 4. The van der Waals surface area contributed by atoms with Gasteiger partial charge >= 0.3 is 31.7 Å². The second kappa shape index (κ2) is 39.2. The summed E-state index contributed by atoms with van der Waals surface area (Å²) >= 11 is 0. The first-order valence-electron chi connectivity index (χ1n) is 34.9. The first-order chi connectivity index (χ1) is 47.4. The van der Waals surface area contributed by atoms with Crippen LogP contribution in [0.15, 0.2) is 115 Å². The molecule has 2 saturated heterocycles. The molecule has 2 N–H and O–H groups in total. The summed E-state index contributed by atoms with van der Waals surface area (Å²) < 4.78 is 107. The second-order valence-electron chi connectivity index (χ2n) is 26.9. The van der Waals surface area contributed by atoms with Crippen molar-refractivity contribution in [2.45, 2.75) is 264 Å². The van der Waals surface area contributed by atoms with Crippen molar-refractivity contribution in [1.29, 1.82) is 0 Å². The Kier molecular flexibility index (Phi) is 31.7. The van der Waals surface area contributed by atoms with Gasteiger partial charge in [-0.05, 0) is 71.1 Å². The lowest BCUT2D eigenvalue weighted by Crippen LogP contribution is -2.69. The van der Waals surface area contributed by atoms with Gasteiger partial charge in [-0.2, -0.15) is 0 Å². The molecule has 25 heteroatoms. The molecular formula is C74H105N2O21PSi. The Balaban J connectivity index is 1.38. The van der Waals surface area contributed by atoms with Crippen LogP contribution in [0.4, 0.5) is 0 Å². The third-order valence-electron chi connectivity index (χ3n) is 18.2. The maximum absolute atomic E-state index is 15.3. The van der Waals surface area contributed by atoms with Crippen molar-refractivity contribution < 1.29 is 98.7 Å². The van der Waals surface area contributed by atoms with E-state index >= 15 is 4.57 Å². The van der Waals surface area contributed by atoms with Crippen LogP contribution in [0.2, 0.25) is 18.1 Å². The van der Waals surface area contributed by atoms with Gasteiger partial charge in [-0.3, -0.25) is 42.3 Å². The van der Waals surface area contributed by atoms with Gasteiger partial charge in [0.15, 0.2) is 33.1 Å². The Morgan fingerprint density at radius 2 is 0.980 bits per heavy atom. The van der Waals surface area contributed by atoms with Gasteiger partial charge in [-0.1, -0.05) is 191 Å². The zero-order valence-corrected chi connectivity index (χ0v) is 61.5. The van der Waals surface area contributed by atoms with Gasteiger partial charge in [-0.15, -0.1) is 0 Å². The number of fused-ring (bicyclic) bond motifs is 1. The Bertz CT molecular complexity index is 3180. The van der Waals surface area contributed by atoms with Gasteiger partial charge < -0.3 is 62.4 Å². The lowest BCUT2D eigenvalue weighted by Gasteiger charge is -2.50. The van der Waals surface area contributed by atoms with E-state index in [-0.39, 0.29) is 90.0 Å². The minimum Gasteiger partial charge on any atom is -0.462 e. The molecule has 0 saturated carbocycles. The quantitative estimate of drug-likeness (QED) is 0.0184. The maximum Gasteiger partial charge on any atom is 0.475 e. The molecule has 2 amide bonds. The average molecular weight is 1420 g/mol. The molecule has 2 fully saturated rings. The molecule has 4 unspecified atom stereocenters. The Morgan fingerprint density at radius 3 is 1.49 bits per heavy atom. The lowest BCUT2D eigenvalue weighted by atomic mass is 9.94. The number of nitrogens with one attached hydrogen (secondary N) is 2. The van der Waals surface area contributed by atoms with Crippen LogP contribution >= 0.6 is 7.82 Å². The van der Waals surface area contributed by atoms with Crippen molar-refractivity contribution in [2.24, 2.45) is 5.92 Å². The summed E-state index contributed by atoms with van der Waals surface area (Å²) in [6.07, 6.45) is -13.5. The van der Waals surface area contributed by atoms with E-state index in [0.717, 1.165) is 16.7 Å². The van der Waals surface area contributed by atoms with Crippen LogP contribution in [0, 0.1) is 5.92 Å². The molecule has 0 radical (unpaired) electrons. The number of hydrogen-bond acceptors (Lipinski definition) is 21. The largest absolute Gasteiger partial charge is 0.475 e. The summed E-state index contributed by atoms with van der Waals surface area (Å²) in [4.78, 5) is 84.7. The molecule has 0 spiro atoms. The highest BCUT2D eigenvalue weighted by molar-refractivity contribution is 7.48. The molecule has 0 bridgehead atoms. The van der Waals surface area contributed by atoms with Crippen LogP contribution in [-0.2, 0) is 132 Å². The lowest BCUT2D eigenvalue weighted by molar-refractivity contribution is -0.302. The normalized spacial score (nSPS) is 23.6. The van der Waals surface area contributed by atoms with Gasteiger partial charge in [-0.25, -0.2) is 4.57 Å². The van der Waals surface area contributed by atoms with Crippen LogP contribution in [0.1, 0.15) is 161 Å². The number of amides is 2. The molecule has 99 heavy (non-hydrogen) atoms. The number of hydrogen-bond donors (Lipinski definition) is 2. The molecule has 0 aromatic heterocycles. The van der Waals surface area contributed by atoms with Crippen molar-refractivity contribution in [3.05, 3.63) is 143 Å². The summed E-state index contributed by atoms with van der Waals surface area (Å²) in [6, 6.07) is 32.5.